The molecule has 5 nitrogen and oxygen atoms in total. The highest BCUT2D eigenvalue weighted by molar-refractivity contribution is 5.96. The number of aromatic amines is 1. The Balaban J connectivity index is 1.50. The number of aryl methyl sites for hydroxylation is 1. The first kappa shape index (κ1) is 20.6. The SMILES string of the molecule is CCCn1ccc2c(NC3C4CCC(CC4)C3C)nc(-c3c[nH]c4c(F)cc(F)cc34)nc21. The van der Waals surface area contributed by atoms with Crippen LogP contribution in [-0.2, 0) is 6.54 Å². The number of hydrogen-bond donors (Lipinski definition) is 2. The summed E-state index contributed by atoms with van der Waals surface area (Å²) in [5, 5.41) is 5.26. The number of aromatic nitrogens is 4. The molecule has 3 saturated carbocycles. The Morgan fingerprint density at radius 2 is 1.88 bits per heavy atom. The minimum absolute atomic E-state index is 0.270. The predicted molar refractivity (Wildman–Crippen MR) is 127 cm³/mol. The fraction of sp³-hybridized carbons (Fsp3) is 0.462. The fourth-order valence-corrected chi connectivity index (χ4v) is 6.22. The van der Waals surface area contributed by atoms with Gasteiger partial charge in [0.2, 0.25) is 0 Å². The monoisotopic (exact) mass is 449 g/mol. The topological polar surface area (TPSA) is 58.5 Å². The van der Waals surface area contributed by atoms with Gasteiger partial charge in [-0.05, 0) is 62.0 Å². The van der Waals surface area contributed by atoms with Crippen LogP contribution in [0.15, 0.2) is 30.6 Å². The average Bonchev–Trinajstić information content (AvgIpc) is 3.41. The Morgan fingerprint density at radius 1 is 1.09 bits per heavy atom. The molecule has 7 heteroatoms. The molecule has 3 aliphatic rings. The Kier molecular flexibility index (Phi) is 4.89. The first-order valence-corrected chi connectivity index (χ1v) is 12.1. The standard InChI is InChI=1S/C26H29F2N5/c1-3-9-33-10-8-18-24(30-22-14(2)15-4-6-16(22)7-5-15)31-25(32-26(18)33)20-13-29-23-19(20)11-17(27)12-21(23)28/h8,10-16,22,29H,3-7,9H2,1-2H3,(H,30,31,32). The summed E-state index contributed by atoms with van der Waals surface area (Å²) in [6.45, 7) is 5.35. The number of nitrogens with zero attached hydrogens (tertiary/aromatic N) is 3. The Morgan fingerprint density at radius 3 is 2.64 bits per heavy atom. The van der Waals surface area contributed by atoms with Crippen molar-refractivity contribution >= 4 is 27.8 Å². The van der Waals surface area contributed by atoms with Gasteiger partial charge in [-0.3, -0.25) is 0 Å². The molecule has 1 aromatic carbocycles. The van der Waals surface area contributed by atoms with Crippen molar-refractivity contribution < 1.29 is 8.78 Å². The second-order valence-electron chi connectivity index (χ2n) is 9.86. The molecular weight excluding hydrogens is 420 g/mol. The molecule has 0 radical (unpaired) electrons. The lowest BCUT2D eigenvalue weighted by atomic mass is 9.62. The molecule has 0 saturated heterocycles. The van der Waals surface area contributed by atoms with E-state index in [2.05, 4.69) is 41.0 Å². The van der Waals surface area contributed by atoms with Crippen molar-refractivity contribution in [1.29, 1.82) is 0 Å². The zero-order valence-electron chi connectivity index (χ0n) is 19.0. The summed E-state index contributed by atoms with van der Waals surface area (Å²) in [7, 11) is 0. The number of rotatable bonds is 5. The molecule has 3 heterocycles. The lowest BCUT2D eigenvalue weighted by Crippen LogP contribution is -2.47. The van der Waals surface area contributed by atoms with Crippen LogP contribution in [0.2, 0.25) is 0 Å². The summed E-state index contributed by atoms with van der Waals surface area (Å²) in [6.07, 6.45) is 9.91. The van der Waals surface area contributed by atoms with E-state index in [0.29, 0.717) is 34.7 Å². The smallest absolute Gasteiger partial charge is 0.166 e. The van der Waals surface area contributed by atoms with Crippen LogP contribution in [0.3, 0.4) is 0 Å². The van der Waals surface area contributed by atoms with Crippen molar-refractivity contribution in [2.75, 3.05) is 5.32 Å². The maximum Gasteiger partial charge on any atom is 0.166 e. The third kappa shape index (κ3) is 3.31. The molecule has 2 atom stereocenters. The first-order valence-electron chi connectivity index (χ1n) is 12.1. The molecule has 0 spiro atoms. The number of nitrogens with one attached hydrogen (secondary N) is 2. The zero-order valence-corrected chi connectivity index (χ0v) is 19.0. The van der Waals surface area contributed by atoms with Crippen molar-refractivity contribution in [3.8, 4) is 11.4 Å². The Bertz CT molecular complexity index is 1330. The number of H-pyrrole nitrogens is 1. The molecule has 7 rings (SSSR count). The number of benzene rings is 1. The van der Waals surface area contributed by atoms with Gasteiger partial charge < -0.3 is 14.9 Å². The predicted octanol–water partition coefficient (Wildman–Crippen LogP) is 6.50. The third-order valence-corrected chi connectivity index (χ3v) is 7.97. The molecule has 2 unspecified atom stereocenters. The van der Waals surface area contributed by atoms with Crippen molar-refractivity contribution in [3.05, 3.63) is 42.2 Å². The van der Waals surface area contributed by atoms with Crippen LogP contribution in [0, 0.1) is 29.4 Å². The van der Waals surface area contributed by atoms with Crippen LogP contribution < -0.4 is 5.32 Å². The van der Waals surface area contributed by atoms with E-state index in [1.165, 1.54) is 31.7 Å². The maximum atomic E-state index is 14.3. The van der Waals surface area contributed by atoms with Gasteiger partial charge in [0.25, 0.3) is 0 Å². The number of hydrogen-bond acceptors (Lipinski definition) is 3. The van der Waals surface area contributed by atoms with Crippen LogP contribution >= 0.6 is 0 Å². The molecule has 3 fully saturated rings. The number of fused-ring (bicyclic) bond motifs is 5. The molecule has 3 aromatic heterocycles. The highest BCUT2D eigenvalue weighted by Gasteiger charge is 2.41. The molecule has 0 aliphatic heterocycles. The molecule has 172 valence electrons. The third-order valence-electron chi connectivity index (χ3n) is 7.97. The fourth-order valence-electron chi connectivity index (χ4n) is 6.22. The molecule has 0 amide bonds. The summed E-state index contributed by atoms with van der Waals surface area (Å²) in [5.74, 6) is 2.10. The van der Waals surface area contributed by atoms with Gasteiger partial charge in [-0.15, -0.1) is 0 Å². The highest BCUT2D eigenvalue weighted by atomic mass is 19.1. The van der Waals surface area contributed by atoms with Crippen molar-refractivity contribution in [2.24, 2.45) is 17.8 Å². The summed E-state index contributed by atoms with van der Waals surface area (Å²) in [5.41, 5.74) is 1.73. The Labute approximate surface area is 191 Å². The van der Waals surface area contributed by atoms with E-state index in [1.54, 1.807) is 6.20 Å². The summed E-state index contributed by atoms with van der Waals surface area (Å²) in [6, 6.07) is 4.71. The van der Waals surface area contributed by atoms with Gasteiger partial charge in [-0.2, -0.15) is 0 Å². The van der Waals surface area contributed by atoms with E-state index in [0.717, 1.165) is 41.8 Å². The van der Waals surface area contributed by atoms with E-state index in [-0.39, 0.29) is 5.52 Å². The van der Waals surface area contributed by atoms with Crippen LogP contribution in [0.5, 0.6) is 0 Å². The summed E-state index contributed by atoms with van der Waals surface area (Å²) in [4.78, 5) is 12.8. The molecule has 2 bridgehead atoms. The van der Waals surface area contributed by atoms with E-state index in [4.69, 9.17) is 9.97 Å². The van der Waals surface area contributed by atoms with Gasteiger partial charge in [0.15, 0.2) is 5.82 Å². The number of halogens is 2. The van der Waals surface area contributed by atoms with Crippen LogP contribution in [0.25, 0.3) is 33.3 Å². The van der Waals surface area contributed by atoms with E-state index in [9.17, 15) is 8.78 Å². The zero-order chi connectivity index (χ0) is 22.7. The van der Waals surface area contributed by atoms with Gasteiger partial charge in [0.05, 0.1) is 10.9 Å². The van der Waals surface area contributed by atoms with Crippen LogP contribution in [-0.4, -0.2) is 25.6 Å². The lowest BCUT2D eigenvalue weighted by Gasteiger charge is -2.47. The van der Waals surface area contributed by atoms with Crippen molar-refractivity contribution in [3.63, 3.8) is 0 Å². The van der Waals surface area contributed by atoms with Crippen LogP contribution in [0.4, 0.5) is 14.6 Å². The second-order valence-corrected chi connectivity index (χ2v) is 9.86. The molecule has 4 aromatic rings. The maximum absolute atomic E-state index is 14.3. The largest absolute Gasteiger partial charge is 0.366 e. The molecule has 2 N–H and O–H groups in total. The minimum atomic E-state index is -0.614. The van der Waals surface area contributed by atoms with Gasteiger partial charge >= 0.3 is 0 Å². The molecular formula is C26H29F2N5. The molecule has 3 aliphatic carbocycles. The highest BCUT2D eigenvalue weighted by Crippen LogP contribution is 2.46. The lowest BCUT2D eigenvalue weighted by molar-refractivity contribution is 0.0929. The van der Waals surface area contributed by atoms with Crippen molar-refractivity contribution in [2.45, 2.75) is 58.5 Å². The van der Waals surface area contributed by atoms with Crippen molar-refractivity contribution in [1.82, 2.24) is 19.5 Å². The average molecular weight is 450 g/mol. The van der Waals surface area contributed by atoms with Gasteiger partial charge in [-0.1, -0.05) is 13.8 Å². The minimum Gasteiger partial charge on any atom is -0.366 e. The van der Waals surface area contributed by atoms with E-state index >= 15 is 0 Å². The van der Waals surface area contributed by atoms with Gasteiger partial charge in [0, 0.05) is 42.0 Å². The summed E-state index contributed by atoms with van der Waals surface area (Å²) < 4.78 is 30.5. The normalized spacial score (nSPS) is 24.7. The van der Waals surface area contributed by atoms with E-state index < -0.39 is 11.6 Å². The quantitative estimate of drug-likeness (QED) is 0.365. The van der Waals surface area contributed by atoms with Gasteiger partial charge in [0.1, 0.15) is 23.1 Å². The summed E-state index contributed by atoms with van der Waals surface area (Å²) >= 11 is 0. The second kappa shape index (κ2) is 7.82. The van der Waals surface area contributed by atoms with Crippen LogP contribution in [0.1, 0.15) is 46.0 Å². The Hall–Kier alpha value is -2.96. The van der Waals surface area contributed by atoms with Gasteiger partial charge in [-0.25, -0.2) is 18.7 Å². The first-order chi connectivity index (χ1) is 16.0. The van der Waals surface area contributed by atoms with E-state index in [1.807, 2.05) is 0 Å². The number of anilines is 1. The molecule has 33 heavy (non-hydrogen) atoms.